The minimum atomic E-state index is 0.647. The van der Waals surface area contributed by atoms with E-state index in [1.165, 1.54) is 49.8 Å². The predicted molar refractivity (Wildman–Crippen MR) is 93.3 cm³/mol. The SMILES string of the molecule is CCCNCc1ccc(N(C)C2CCCCCC2)c(Cl)c1. The third-order valence-corrected chi connectivity index (χ3v) is 4.82. The lowest BCUT2D eigenvalue weighted by molar-refractivity contribution is 0.553. The maximum absolute atomic E-state index is 6.53. The van der Waals surface area contributed by atoms with Gasteiger partial charge in [0.1, 0.15) is 0 Å². The molecule has 1 fully saturated rings. The lowest BCUT2D eigenvalue weighted by Crippen LogP contribution is -2.31. The topological polar surface area (TPSA) is 15.3 Å². The molecule has 0 spiro atoms. The highest BCUT2D eigenvalue weighted by Crippen LogP contribution is 2.31. The number of rotatable bonds is 6. The zero-order chi connectivity index (χ0) is 15.1. The number of nitrogens with one attached hydrogen (secondary N) is 1. The lowest BCUT2D eigenvalue weighted by atomic mass is 10.1. The molecule has 0 radical (unpaired) electrons. The van der Waals surface area contributed by atoms with E-state index in [0.29, 0.717) is 6.04 Å². The Bertz CT molecular complexity index is 425. The lowest BCUT2D eigenvalue weighted by Gasteiger charge is -2.30. The van der Waals surface area contributed by atoms with Crippen molar-refractivity contribution < 1.29 is 0 Å². The summed E-state index contributed by atoms with van der Waals surface area (Å²) in [6, 6.07) is 7.16. The molecule has 3 heteroatoms. The van der Waals surface area contributed by atoms with E-state index in [1.807, 2.05) is 0 Å². The van der Waals surface area contributed by atoms with Crippen LogP contribution in [-0.2, 0) is 6.54 Å². The zero-order valence-electron chi connectivity index (χ0n) is 13.5. The summed E-state index contributed by atoms with van der Waals surface area (Å²) < 4.78 is 0. The molecule has 2 nitrogen and oxygen atoms in total. The molecule has 1 aliphatic carbocycles. The van der Waals surface area contributed by atoms with E-state index in [-0.39, 0.29) is 0 Å². The second-order valence-electron chi connectivity index (χ2n) is 6.22. The molecule has 0 unspecified atom stereocenters. The van der Waals surface area contributed by atoms with Crippen LogP contribution in [0.2, 0.25) is 5.02 Å². The van der Waals surface area contributed by atoms with E-state index >= 15 is 0 Å². The van der Waals surface area contributed by atoms with Gasteiger partial charge in [0.2, 0.25) is 0 Å². The van der Waals surface area contributed by atoms with Crippen molar-refractivity contribution in [3.05, 3.63) is 28.8 Å². The Hall–Kier alpha value is -0.730. The van der Waals surface area contributed by atoms with Crippen LogP contribution in [0, 0.1) is 0 Å². The van der Waals surface area contributed by atoms with E-state index in [4.69, 9.17) is 11.6 Å². The summed E-state index contributed by atoms with van der Waals surface area (Å²) >= 11 is 6.53. The molecular formula is C18H29ClN2. The summed E-state index contributed by atoms with van der Waals surface area (Å²) in [5.41, 5.74) is 2.45. The Kier molecular flexibility index (Phi) is 6.85. The smallest absolute Gasteiger partial charge is 0.0642 e. The third-order valence-electron chi connectivity index (χ3n) is 4.52. The zero-order valence-corrected chi connectivity index (χ0v) is 14.3. The van der Waals surface area contributed by atoms with Gasteiger partial charge in [0.25, 0.3) is 0 Å². The highest BCUT2D eigenvalue weighted by molar-refractivity contribution is 6.33. The second-order valence-corrected chi connectivity index (χ2v) is 6.63. The highest BCUT2D eigenvalue weighted by Gasteiger charge is 2.19. The van der Waals surface area contributed by atoms with Crippen LogP contribution in [0.15, 0.2) is 18.2 Å². The maximum Gasteiger partial charge on any atom is 0.0642 e. The molecule has 0 saturated heterocycles. The van der Waals surface area contributed by atoms with Gasteiger partial charge in [0.15, 0.2) is 0 Å². The van der Waals surface area contributed by atoms with E-state index in [2.05, 4.69) is 42.4 Å². The van der Waals surface area contributed by atoms with Crippen molar-refractivity contribution in [2.45, 2.75) is 64.5 Å². The van der Waals surface area contributed by atoms with Crippen LogP contribution in [0.3, 0.4) is 0 Å². The fourth-order valence-electron chi connectivity index (χ4n) is 3.20. The summed E-state index contributed by atoms with van der Waals surface area (Å²) in [5.74, 6) is 0. The molecule has 0 aliphatic heterocycles. The minimum Gasteiger partial charge on any atom is -0.370 e. The van der Waals surface area contributed by atoms with Crippen molar-refractivity contribution in [3.63, 3.8) is 0 Å². The summed E-state index contributed by atoms with van der Waals surface area (Å²) in [6.07, 6.45) is 9.24. The van der Waals surface area contributed by atoms with Crippen molar-refractivity contribution in [1.82, 2.24) is 5.32 Å². The number of benzene rings is 1. The van der Waals surface area contributed by atoms with Crippen molar-refractivity contribution >= 4 is 17.3 Å². The summed E-state index contributed by atoms with van der Waals surface area (Å²) in [4.78, 5) is 2.40. The summed E-state index contributed by atoms with van der Waals surface area (Å²) in [5, 5.41) is 4.31. The van der Waals surface area contributed by atoms with Crippen molar-refractivity contribution in [2.24, 2.45) is 0 Å². The van der Waals surface area contributed by atoms with Crippen LogP contribution in [0.4, 0.5) is 5.69 Å². The Morgan fingerprint density at radius 3 is 2.52 bits per heavy atom. The van der Waals surface area contributed by atoms with Crippen molar-refractivity contribution in [3.8, 4) is 0 Å². The number of anilines is 1. The predicted octanol–water partition coefficient (Wildman–Crippen LogP) is 5.00. The fourth-order valence-corrected chi connectivity index (χ4v) is 3.53. The summed E-state index contributed by atoms with van der Waals surface area (Å²) in [7, 11) is 2.20. The monoisotopic (exact) mass is 308 g/mol. The number of hydrogen-bond acceptors (Lipinski definition) is 2. The quantitative estimate of drug-likeness (QED) is 0.588. The standard InChI is InChI=1S/C18H29ClN2/c1-3-12-20-14-15-10-11-18(17(19)13-15)21(2)16-8-6-4-5-7-9-16/h10-11,13,16,20H,3-9,12,14H2,1-2H3. The average Bonchev–Trinajstić information content (AvgIpc) is 2.76. The van der Waals surface area contributed by atoms with Gasteiger partial charge in [-0.15, -0.1) is 0 Å². The molecule has 21 heavy (non-hydrogen) atoms. The second kappa shape index (κ2) is 8.65. The van der Waals surface area contributed by atoms with Gasteiger partial charge in [0, 0.05) is 19.6 Å². The maximum atomic E-state index is 6.53. The van der Waals surface area contributed by atoms with Gasteiger partial charge in [-0.3, -0.25) is 0 Å². The molecule has 1 aromatic carbocycles. The molecule has 0 bridgehead atoms. The average molecular weight is 309 g/mol. The van der Waals surface area contributed by atoms with Gasteiger partial charge >= 0.3 is 0 Å². The molecule has 2 rings (SSSR count). The summed E-state index contributed by atoms with van der Waals surface area (Å²) in [6.45, 7) is 4.15. The van der Waals surface area contributed by atoms with Crippen LogP contribution in [0.1, 0.15) is 57.4 Å². The van der Waals surface area contributed by atoms with Gasteiger partial charge in [-0.05, 0) is 43.5 Å². The Morgan fingerprint density at radius 2 is 1.90 bits per heavy atom. The molecule has 1 aromatic rings. The molecule has 118 valence electrons. The van der Waals surface area contributed by atoms with Gasteiger partial charge in [-0.2, -0.15) is 0 Å². The van der Waals surface area contributed by atoms with Crippen molar-refractivity contribution in [1.29, 1.82) is 0 Å². The first-order chi connectivity index (χ1) is 10.2. The van der Waals surface area contributed by atoms with Gasteiger partial charge in [-0.25, -0.2) is 0 Å². The number of halogens is 1. The number of nitrogens with zero attached hydrogens (tertiary/aromatic N) is 1. The van der Waals surface area contributed by atoms with Crippen LogP contribution in [0.5, 0.6) is 0 Å². The largest absolute Gasteiger partial charge is 0.370 e. The first-order valence-electron chi connectivity index (χ1n) is 8.44. The van der Waals surface area contributed by atoms with Crippen LogP contribution in [0.25, 0.3) is 0 Å². The molecule has 0 amide bonds. The Balaban J connectivity index is 2.01. The molecule has 0 heterocycles. The third kappa shape index (κ3) is 4.89. The van der Waals surface area contributed by atoms with Crippen LogP contribution in [-0.4, -0.2) is 19.6 Å². The molecule has 1 N–H and O–H groups in total. The molecule has 1 saturated carbocycles. The molecule has 0 aromatic heterocycles. The van der Waals surface area contributed by atoms with Gasteiger partial charge in [-0.1, -0.05) is 50.3 Å². The Morgan fingerprint density at radius 1 is 1.19 bits per heavy atom. The van der Waals surface area contributed by atoms with Crippen molar-refractivity contribution in [2.75, 3.05) is 18.5 Å². The van der Waals surface area contributed by atoms with E-state index in [1.54, 1.807) is 0 Å². The normalized spacial score (nSPS) is 16.7. The van der Waals surface area contributed by atoms with Gasteiger partial charge < -0.3 is 10.2 Å². The minimum absolute atomic E-state index is 0.647. The first kappa shape index (κ1) is 16.6. The number of hydrogen-bond donors (Lipinski definition) is 1. The van der Waals surface area contributed by atoms with E-state index < -0.39 is 0 Å². The van der Waals surface area contributed by atoms with Crippen LogP contribution >= 0.6 is 11.6 Å². The van der Waals surface area contributed by atoms with E-state index in [0.717, 1.165) is 24.5 Å². The molecular weight excluding hydrogens is 280 g/mol. The van der Waals surface area contributed by atoms with Crippen LogP contribution < -0.4 is 10.2 Å². The molecule has 1 aliphatic rings. The highest BCUT2D eigenvalue weighted by atomic mass is 35.5. The van der Waals surface area contributed by atoms with E-state index in [9.17, 15) is 0 Å². The van der Waals surface area contributed by atoms with Gasteiger partial charge in [0.05, 0.1) is 10.7 Å². The first-order valence-corrected chi connectivity index (χ1v) is 8.82. The Labute approximate surface area is 134 Å². The molecule has 0 atom stereocenters. The fraction of sp³-hybridized carbons (Fsp3) is 0.667.